The molecule has 3 aromatic rings. The first kappa shape index (κ1) is 12.7. The van der Waals surface area contributed by atoms with E-state index in [4.69, 9.17) is 4.74 Å². The third kappa shape index (κ3) is 2.15. The molecule has 20 heavy (non-hydrogen) atoms. The van der Waals surface area contributed by atoms with Gasteiger partial charge in [-0.1, -0.05) is 13.8 Å². The molecule has 0 aliphatic rings. The number of hydrogen-bond donors (Lipinski definition) is 2. The Morgan fingerprint density at radius 2 is 2.15 bits per heavy atom. The number of aromatic amines is 1. The molecular weight excluding hydrogens is 252 g/mol. The van der Waals surface area contributed by atoms with E-state index in [0.717, 1.165) is 40.0 Å². The molecule has 1 aromatic carbocycles. The van der Waals surface area contributed by atoms with Gasteiger partial charge >= 0.3 is 0 Å². The Bertz CT molecular complexity index is 748. The van der Waals surface area contributed by atoms with Gasteiger partial charge in [-0.2, -0.15) is 0 Å². The lowest BCUT2D eigenvalue weighted by Crippen LogP contribution is -2.09. The fourth-order valence-electron chi connectivity index (χ4n) is 2.23. The largest absolute Gasteiger partial charge is 0.497 e. The van der Waals surface area contributed by atoms with Crippen LogP contribution < -0.4 is 10.1 Å². The Labute approximate surface area is 117 Å². The van der Waals surface area contributed by atoms with Crippen LogP contribution in [0.3, 0.4) is 0 Å². The fraction of sp³-hybridized carbons (Fsp3) is 0.333. The maximum absolute atomic E-state index is 5.28. The van der Waals surface area contributed by atoms with Crippen LogP contribution in [0.5, 0.6) is 5.75 Å². The van der Waals surface area contributed by atoms with Crippen molar-refractivity contribution in [2.75, 3.05) is 19.0 Å². The molecule has 5 nitrogen and oxygen atoms in total. The number of hydrogen-bond acceptors (Lipinski definition) is 4. The van der Waals surface area contributed by atoms with Gasteiger partial charge in [-0.3, -0.25) is 0 Å². The zero-order valence-electron chi connectivity index (χ0n) is 11.9. The zero-order valence-corrected chi connectivity index (χ0v) is 11.9. The number of methoxy groups -OCH3 is 1. The normalized spacial score (nSPS) is 11.4. The van der Waals surface area contributed by atoms with E-state index in [9.17, 15) is 0 Å². The molecule has 2 heterocycles. The molecule has 0 atom stereocenters. The van der Waals surface area contributed by atoms with Crippen LogP contribution >= 0.6 is 0 Å². The summed E-state index contributed by atoms with van der Waals surface area (Å²) in [4.78, 5) is 12.1. The summed E-state index contributed by atoms with van der Waals surface area (Å²) in [5, 5.41) is 4.41. The number of fused-ring (bicyclic) bond motifs is 3. The Kier molecular flexibility index (Phi) is 3.18. The van der Waals surface area contributed by atoms with E-state index < -0.39 is 0 Å². The number of benzene rings is 1. The molecule has 5 heteroatoms. The van der Waals surface area contributed by atoms with Crippen LogP contribution in [-0.4, -0.2) is 28.6 Å². The van der Waals surface area contributed by atoms with Crippen molar-refractivity contribution in [1.82, 2.24) is 15.0 Å². The maximum Gasteiger partial charge on any atom is 0.153 e. The number of H-pyrrole nitrogens is 1. The third-order valence-electron chi connectivity index (χ3n) is 3.27. The van der Waals surface area contributed by atoms with Crippen LogP contribution in [-0.2, 0) is 0 Å². The van der Waals surface area contributed by atoms with E-state index >= 15 is 0 Å². The Morgan fingerprint density at radius 3 is 2.90 bits per heavy atom. The van der Waals surface area contributed by atoms with E-state index in [1.54, 1.807) is 13.4 Å². The lowest BCUT2D eigenvalue weighted by molar-refractivity contribution is 0.415. The van der Waals surface area contributed by atoms with Crippen molar-refractivity contribution in [3.63, 3.8) is 0 Å². The monoisotopic (exact) mass is 270 g/mol. The van der Waals surface area contributed by atoms with Crippen LogP contribution in [0, 0.1) is 5.92 Å². The Morgan fingerprint density at radius 1 is 1.30 bits per heavy atom. The second-order valence-electron chi connectivity index (χ2n) is 5.26. The minimum Gasteiger partial charge on any atom is -0.497 e. The highest BCUT2D eigenvalue weighted by Gasteiger charge is 2.11. The van der Waals surface area contributed by atoms with Gasteiger partial charge in [0.05, 0.1) is 7.11 Å². The Balaban J connectivity index is 2.14. The highest BCUT2D eigenvalue weighted by atomic mass is 16.5. The summed E-state index contributed by atoms with van der Waals surface area (Å²) < 4.78 is 5.28. The first-order valence-corrected chi connectivity index (χ1v) is 6.73. The number of ether oxygens (including phenoxy) is 1. The van der Waals surface area contributed by atoms with Crippen LogP contribution in [0.15, 0.2) is 24.5 Å². The van der Waals surface area contributed by atoms with E-state index in [1.165, 1.54) is 0 Å². The highest BCUT2D eigenvalue weighted by molar-refractivity contribution is 6.08. The molecule has 3 rings (SSSR count). The molecule has 0 fully saturated rings. The number of nitrogens with one attached hydrogen (secondary N) is 2. The van der Waals surface area contributed by atoms with Gasteiger partial charge in [0, 0.05) is 17.4 Å². The summed E-state index contributed by atoms with van der Waals surface area (Å²) in [5.74, 6) is 2.23. The molecule has 0 saturated carbocycles. The Hall–Kier alpha value is -2.30. The SMILES string of the molecule is COc1ccc2[nH]c3c(NCC(C)C)ncnc3c2c1. The third-order valence-corrected chi connectivity index (χ3v) is 3.27. The van der Waals surface area contributed by atoms with Gasteiger partial charge in [-0.25, -0.2) is 9.97 Å². The first-order valence-electron chi connectivity index (χ1n) is 6.73. The predicted octanol–water partition coefficient (Wildman–Crippen LogP) is 3.19. The summed E-state index contributed by atoms with van der Waals surface area (Å²) in [7, 11) is 1.67. The van der Waals surface area contributed by atoms with Crippen molar-refractivity contribution in [3.8, 4) is 5.75 Å². The number of nitrogens with zero attached hydrogens (tertiary/aromatic N) is 2. The molecule has 0 bridgehead atoms. The average molecular weight is 270 g/mol. The number of aromatic nitrogens is 3. The lowest BCUT2D eigenvalue weighted by atomic mass is 10.2. The number of rotatable bonds is 4. The van der Waals surface area contributed by atoms with Crippen molar-refractivity contribution in [1.29, 1.82) is 0 Å². The summed E-state index contributed by atoms with van der Waals surface area (Å²) >= 11 is 0. The topological polar surface area (TPSA) is 62.8 Å². The van der Waals surface area contributed by atoms with Crippen LogP contribution in [0.4, 0.5) is 5.82 Å². The minimum absolute atomic E-state index is 0.560. The first-order chi connectivity index (χ1) is 9.69. The van der Waals surface area contributed by atoms with Gasteiger partial charge in [0.25, 0.3) is 0 Å². The van der Waals surface area contributed by atoms with Gasteiger partial charge < -0.3 is 15.0 Å². The molecule has 0 aliphatic carbocycles. The molecule has 104 valence electrons. The fourth-order valence-corrected chi connectivity index (χ4v) is 2.23. The summed E-state index contributed by atoms with van der Waals surface area (Å²) in [5.41, 5.74) is 2.89. The number of anilines is 1. The molecule has 0 aliphatic heterocycles. The van der Waals surface area contributed by atoms with Crippen LogP contribution in [0.25, 0.3) is 21.9 Å². The molecular formula is C15H18N4O. The average Bonchev–Trinajstić information content (AvgIpc) is 2.83. The van der Waals surface area contributed by atoms with Gasteiger partial charge in [0.1, 0.15) is 23.1 Å². The van der Waals surface area contributed by atoms with Crippen molar-refractivity contribution in [2.24, 2.45) is 5.92 Å². The van der Waals surface area contributed by atoms with Crippen molar-refractivity contribution in [2.45, 2.75) is 13.8 Å². The maximum atomic E-state index is 5.28. The van der Waals surface area contributed by atoms with Gasteiger partial charge in [0.15, 0.2) is 5.82 Å². The molecule has 0 amide bonds. The lowest BCUT2D eigenvalue weighted by Gasteiger charge is -2.08. The van der Waals surface area contributed by atoms with Gasteiger partial charge in [-0.15, -0.1) is 0 Å². The van der Waals surface area contributed by atoms with Crippen molar-refractivity contribution >= 4 is 27.8 Å². The molecule has 2 aromatic heterocycles. The molecule has 2 N–H and O–H groups in total. The quantitative estimate of drug-likeness (QED) is 0.764. The van der Waals surface area contributed by atoms with Gasteiger partial charge in [0.2, 0.25) is 0 Å². The standard InChI is InChI=1S/C15H18N4O/c1-9(2)7-16-15-14-13(17-8-18-15)11-6-10(20-3)4-5-12(11)19-14/h4-6,8-9,19H,7H2,1-3H3,(H,16,17,18). The van der Waals surface area contributed by atoms with Gasteiger partial charge in [-0.05, 0) is 24.1 Å². The van der Waals surface area contributed by atoms with Crippen LogP contribution in [0.1, 0.15) is 13.8 Å². The van der Waals surface area contributed by atoms with Crippen LogP contribution in [0.2, 0.25) is 0 Å². The smallest absolute Gasteiger partial charge is 0.153 e. The second kappa shape index (κ2) is 5.00. The molecule has 0 unspecified atom stereocenters. The molecule has 0 radical (unpaired) electrons. The molecule has 0 spiro atoms. The van der Waals surface area contributed by atoms with Crippen molar-refractivity contribution < 1.29 is 4.74 Å². The molecule has 0 saturated heterocycles. The minimum atomic E-state index is 0.560. The van der Waals surface area contributed by atoms with E-state index in [2.05, 4.69) is 34.1 Å². The second-order valence-corrected chi connectivity index (χ2v) is 5.26. The summed E-state index contributed by atoms with van der Waals surface area (Å²) in [6, 6.07) is 5.93. The highest BCUT2D eigenvalue weighted by Crippen LogP contribution is 2.29. The predicted molar refractivity (Wildman–Crippen MR) is 81.3 cm³/mol. The van der Waals surface area contributed by atoms with Crippen molar-refractivity contribution in [3.05, 3.63) is 24.5 Å². The zero-order chi connectivity index (χ0) is 14.1. The van der Waals surface area contributed by atoms with E-state index in [1.807, 2.05) is 18.2 Å². The summed E-state index contributed by atoms with van der Waals surface area (Å²) in [6.45, 7) is 5.22. The summed E-state index contributed by atoms with van der Waals surface area (Å²) in [6.07, 6.45) is 1.59. The van der Waals surface area contributed by atoms with E-state index in [0.29, 0.717) is 5.92 Å². The van der Waals surface area contributed by atoms with E-state index in [-0.39, 0.29) is 0 Å².